The number of likely N-dealkylation sites (N-methyl/N-ethyl adjacent to an activating group) is 1. The Kier molecular flexibility index (Phi) is 5.85. The number of hydrogen-bond donors (Lipinski definition) is 0. The highest BCUT2D eigenvalue weighted by atomic mass is 16.3. The molecule has 0 atom stereocenters. The van der Waals surface area contributed by atoms with Gasteiger partial charge in [-0.3, -0.25) is 14.5 Å². The summed E-state index contributed by atoms with van der Waals surface area (Å²) in [5.41, 5.74) is 4.14. The molecule has 1 aliphatic heterocycles. The predicted octanol–water partition coefficient (Wildman–Crippen LogP) is 2.21. The summed E-state index contributed by atoms with van der Waals surface area (Å²) in [5, 5.41) is 1.03. The van der Waals surface area contributed by atoms with E-state index in [0.717, 1.165) is 48.2 Å². The van der Waals surface area contributed by atoms with E-state index in [1.165, 1.54) is 5.56 Å². The van der Waals surface area contributed by atoms with Gasteiger partial charge in [0.05, 0.1) is 19.2 Å². The van der Waals surface area contributed by atoms with Gasteiger partial charge in [0.25, 0.3) is 0 Å². The van der Waals surface area contributed by atoms with Gasteiger partial charge in [0.2, 0.25) is 11.8 Å². The highest BCUT2D eigenvalue weighted by molar-refractivity contribution is 5.89. The number of furan rings is 1. The number of nitrogens with zero attached hydrogens (tertiary/aromatic N) is 3. The smallest absolute Gasteiger partial charge is 0.236 e. The fourth-order valence-electron chi connectivity index (χ4n) is 3.51. The fourth-order valence-corrected chi connectivity index (χ4v) is 3.51. The Bertz CT molecular complexity index is 841. The molecule has 1 fully saturated rings. The van der Waals surface area contributed by atoms with E-state index in [4.69, 9.17) is 4.42 Å². The Balaban J connectivity index is 1.63. The van der Waals surface area contributed by atoms with Crippen LogP contribution in [0.5, 0.6) is 0 Å². The van der Waals surface area contributed by atoms with Crippen molar-refractivity contribution in [2.45, 2.75) is 26.7 Å². The Morgan fingerprint density at radius 2 is 1.89 bits per heavy atom. The minimum absolute atomic E-state index is 0.102. The maximum atomic E-state index is 12.8. The van der Waals surface area contributed by atoms with Gasteiger partial charge in [0.1, 0.15) is 5.58 Å². The Morgan fingerprint density at radius 3 is 2.63 bits per heavy atom. The number of hydrogen-bond acceptors (Lipinski definition) is 4. The van der Waals surface area contributed by atoms with Crippen molar-refractivity contribution in [3.05, 3.63) is 35.1 Å². The van der Waals surface area contributed by atoms with Gasteiger partial charge in [0, 0.05) is 51.2 Å². The van der Waals surface area contributed by atoms with Gasteiger partial charge in [-0.05, 0) is 31.4 Å². The summed E-state index contributed by atoms with van der Waals surface area (Å²) in [7, 11) is 3.54. The maximum absolute atomic E-state index is 12.8. The number of carbonyl (C=O) groups excluding carboxylic acids is 2. The molecule has 6 heteroatoms. The minimum Gasteiger partial charge on any atom is -0.464 e. The SMILES string of the molecule is Cc1ccc2c(CC(=O)N3CCCN(CC(=O)N(C)C)CC3)coc2c1C. The van der Waals surface area contributed by atoms with E-state index in [0.29, 0.717) is 19.5 Å². The van der Waals surface area contributed by atoms with Crippen LogP contribution in [0.2, 0.25) is 0 Å². The summed E-state index contributed by atoms with van der Waals surface area (Å²) >= 11 is 0. The Hall–Kier alpha value is -2.34. The second-order valence-corrected chi connectivity index (χ2v) is 7.62. The molecule has 27 heavy (non-hydrogen) atoms. The van der Waals surface area contributed by atoms with Crippen LogP contribution < -0.4 is 0 Å². The molecular formula is C21H29N3O3. The summed E-state index contributed by atoms with van der Waals surface area (Å²) < 4.78 is 5.74. The topological polar surface area (TPSA) is 57.0 Å². The van der Waals surface area contributed by atoms with E-state index in [9.17, 15) is 9.59 Å². The number of aryl methyl sites for hydroxylation is 2. The molecule has 2 amide bonds. The third kappa shape index (κ3) is 4.33. The highest BCUT2D eigenvalue weighted by Crippen LogP contribution is 2.27. The average Bonchev–Trinajstić information content (AvgIpc) is 2.88. The molecule has 1 aliphatic rings. The van der Waals surface area contributed by atoms with Crippen molar-refractivity contribution < 1.29 is 14.0 Å². The Morgan fingerprint density at radius 1 is 1.11 bits per heavy atom. The van der Waals surface area contributed by atoms with Gasteiger partial charge in [-0.15, -0.1) is 0 Å². The number of fused-ring (bicyclic) bond motifs is 1. The normalized spacial score (nSPS) is 15.8. The molecule has 0 unspecified atom stereocenters. The molecule has 1 aromatic carbocycles. The second kappa shape index (κ2) is 8.13. The first kappa shape index (κ1) is 19.4. The molecule has 6 nitrogen and oxygen atoms in total. The average molecular weight is 371 g/mol. The molecule has 0 N–H and O–H groups in total. The molecule has 0 radical (unpaired) electrons. The molecule has 146 valence electrons. The summed E-state index contributed by atoms with van der Waals surface area (Å²) in [4.78, 5) is 30.4. The third-order valence-electron chi connectivity index (χ3n) is 5.48. The molecule has 0 saturated carbocycles. The van der Waals surface area contributed by atoms with Crippen LogP contribution in [0.15, 0.2) is 22.8 Å². The van der Waals surface area contributed by atoms with E-state index >= 15 is 0 Å². The Labute approximate surface area is 160 Å². The van der Waals surface area contributed by atoms with Crippen molar-refractivity contribution >= 4 is 22.8 Å². The van der Waals surface area contributed by atoms with Gasteiger partial charge in [-0.2, -0.15) is 0 Å². The van der Waals surface area contributed by atoms with Crippen LogP contribution in [-0.2, 0) is 16.0 Å². The largest absolute Gasteiger partial charge is 0.464 e. The summed E-state index contributed by atoms with van der Waals surface area (Å²) in [6.45, 7) is 7.50. The third-order valence-corrected chi connectivity index (χ3v) is 5.48. The standard InChI is InChI=1S/C21H29N3O3/c1-15-6-7-18-17(14-27-21(18)16(15)2)12-19(25)24-9-5-8-23(10-11-24)13-20(26)22(3)4/h6-7,14H,5,8-13H2,1-4H3. The molecule has 0 aliphatic carbocycles. The van der Waals surface area contributed by atoms with Gasteiger partial charge < -0.3 is 14.2 Å². The number of rotatable bonds is 4. The second-order valence-electron chi connectivity index (χ2n) is 7.62. The van der Waals surface area contributed by atoms with Gasteiger partial charge >= 0.3 is 0 Å². The van der Waals surface area contributed by atoms with E-state index in [1.54, 1.807) is 25.3 Å². The van der Waals surface area contributed by atoms with Gasteiger partial charge in [0.15, 0.2) is 0 Å². The van der Waals surface area contributed by atoms with Gasteiger partial charge in [-0.25, -0.2) is 0 Å². The summed E-state index contributed by atoms with van der Waals surface area (Å²) in [6, 6.07) is 4.12. The molecule has 1 saturated heterocycles. The van der Waals surface area contributed by atoms with Crippen LogP contribution in [0.25, 0.3) is 11.0 Å². The van der Waals surface area contributed by atoms with E-state index in [1.807, 2.05) is 17.9 Å². The fraction of sp³-hybridized carbons (Fsp3) is 0.524. The van der Waals surface area contributed by atoms with Crippen LogP contribution in [0.4, 0.5) is 0 Å². The highest BCUT2D eigenvalue weighted by Gasteiger charge is 2.22. The number of benzene rings is 1. The van der Waals surface area contributed by atoms with Crippen molar-refractivity contribution in [3.8, 4) is 0 Å². The first-order valence-corrected chi connectivity index (χ1v) is 9.53. The number of amides is 2. The van der Waals surface area contributed by atoms with Gasteiger partial charge in [-0.1, -0.05) is 12.1 Å². The van der Waals surface area contributed by atoms with E-state index < -0.39 is 0 Å². The quantitative estimate of drug-likeness (QED) is 0.827. The first-order valence-electron chi connectivity index (χ1n) is 9.53. The van der Waals surface area contributed by atoms with Crippen molar-refractivity contribution in [3.63, 3.8) is 0 Å². The first-order chi connectivity index (χ1) is 12.9. The number of carbonyl (C=O) groups is 2. The zero-order valence-electron chi connectivity index (χ0n) is 16.7. The molecule has 0 bridgehead atoms. The van der Waals surface area contributed by atoms with Crippen molar-refractivity contribution in [2.75, 3.05) is 46.8 Å². The monoisotopic (exact) mass is 371 g/mol. The predicted molar refractivity (Wildman–Crippen MR) is 106 cm³/mol. The molecule has 2 aromatic rings. The van der Waals surface area contributed by atoms with Crippen molar-refractivity contribution in [2.24, 2.45) is 0 Å². The summed E-state index contributed by atoms with van der Waals surface area (Å²) in [6.07, 6.45) is 2.96. The lowest BCUT2D eigenvalue weighted by molar-refractivity contribution is -0.130. The lowest BCUT2D eigenvalue weighted by atomic mass is 10.0. The lowest BCUT2D eigenvalue weighted by Gasteiger charge is -2.22. The minimum atomic E-state index is 0.102. The van der Waals surface area contributed by atoms with Crippen molar-refractivity contribution in [1.82, 2.24) is 14.7 Å². The van der Waals surface area contributed by atoms with Crippen LogP contribution in [0.3, 0.4) is 0 Å². The van der Waals surface area contributed by atoms with Crippen LogP contribution in [0, 0.1) is 13.8 Å². The van der Waals surface area contributed by atoms with E-state index in [2.05, 4.69) is 17.9 Å². The van der Waals surface area contributed by atoms with Crippen LogP contribution in [-0.4, -0.2) is 73.3 Å². The summed E-state index contributed by atoms with van der Waals surface area (Å²) in [5.74, 6) is 0.224. The van der Waals surface area contributed by atoms with E-state index in [-0.39, 0.29) is 11.8 Å². The molecular weight excluding hydrogens is 342 g/mol. The lowest BCUT2D eigenvalue weighted by Crippen LogP contribution is -2.39. The van der Waals surface area contributed by atoms with Crippen molar-refractivity contribution in [1.29, 1.82) is 0 Å². The molecule has 3 rings (SSSR count). The molecule has 2 heterocycles. The zero-order chi connectivity index (χ0) is 19.6. The zero-order valence-corrected chi connectivity index (χ0v) is 16.7. The van der Waals surface area contributed by atoms with Crippen LogP contribution in [0.1, 0.15) is 23.1 Å². The maximum Gasteiger partial charge on any atom is 0.236 e. The van der Waals surface area contributed by atoms with Crippen LogP contribution >= 0.6 is 0 Å². The molecule has 0 spiro atoms. The molecule has 1 aromatic heterocycles.